The monoisotopic (exact) mass is 182 g/mol. The Hall–Kier alpha value is -0.700. The molecule has 1 rings (SSSR count). The number of aromatic nitrogens is 1. The van der Waals surface area contributed by atoms with E-state index in [1.54, 1.807) is 11.8 Å². The van der Waals surface area contributed by atoms with E-state index in [1.807, 2.05) is 25.2 Å². The maximum Gasteiger partial charge on any atom is 0.126 e. The van der Waals surface area contributed by atoms with Crippen LogP contribution in [0.25, 0.3) is 0 Å². The second-order valence-corrected chi connectivity index (χ2v) is 4.37. The lowest BCUT2D eigenvalue weighted by Gasteiger charge is -2.05. The third-order valence-corrected chi connectivity index (χ3v) is 2.28. The van der Waals surface area contributed by atoms with E-state index in [0.29, 0.717) is 5.25 Å². The van der Waals surface area contributed by atoms with Crippen LogP contribution >= 0.6 is 11.8 Å². The highest BCUT2D eigenvalue weighted by atomic mass is 32.2. The van der Waals surface area contributed by atoms with Crippen molar-refractivity contribution in [3.8, 4) is 0 Å². The number of thioether (sulfide) groups is 1. The fraction of sp³-hybridized carbons (Fsp3) is 0.444. The molecule has 0 aliphatic rings. The molecule has 0 bridgehead atoms. The van der Waals surface area contributed by atoms with Gasteiger partial charge in [0.05, 0.1) is 5.03 Å². The zero-order valence-electron chi connectivity index (χ0n) is 7.66. The summed E-state index contributed by atoms with van der Waals surface area (Å²) in [6.07, 6.45) is 0. The van der Waals surface area contributed by atoms with Crippen LogP contribution in [0.2, 0.25) is 0 Å². The third kappa shape index (κ3) is 2.74. The minimum atomic E-state index is 0.588. The minimum absolute atomic E-state index is 0.588. The van der Waals surface area contributed by atoms with Gasteiger partial charge in [0.1, 0.15) is 5.82 Å². The van der Waals surface area contributed by atoms with Crippen molar-refractivity contribution in [1.29, 1.82) is 0 Å². The highest BCUT2D eigenvalue weighted by Crippen LogP contribution is 2.21. The SMILES string of the molecule is CNc1cccc(SC(C)C)n1. The Labute approximate surface area is 77.8 Å². The Morgan fingerprint density at radius 2 is 2.17 bits per heavy atom. The summed E-state index contributed by atoms with van der Waals surface area (Å²) in [5.41, 5.74) is 0. The average Bonchev–Trinajstić information content (AvgIpc) is 2.03. The first-order chi connectivity index (χ1) is 5.72. The zero-order chi connectivity index (χ0) is 8.97. The summed E-state index contributed by atoms with van der Waals surface area (Å²) in [6.45, 7) is 4.33. The Morgan fingerprint density at radius 3 is 2.75 bits per heavy atom. The molecule has 0 spiro atoms. The van der Waals surface area contributed by atoms with Crippen LogP contribution in [0.5, 0.6) is 0 Å². The van der Waals surface area contributed by atoms with Gasteiger partial charge in [0, 0.05) is 12.3 Å². The first-order valence-electron chi connectivity index (χ1n) is 4.04. The topological polar surface area (TPSA) is 24.9 Å². The minimum Gasteiger partial charge on any atom is -0.373 e. The van der Waals surface area contributed by atoms with Crippen LogP contribution in [0.3, 0.4) is 0 Å². The lowest BCUT2D eigenvalue weighted by molar-refractivity contribution is 1.07. The molecule has 0 atom stereocenters. The maximum absolute atomic E-state index is 4.38. The van der Waals surface area contributed by atoms with Gasteiger partial charge in [-0.05, 0) is 12.1 Å². The van der Waals surface area contributed by atoms with E-state index >= 15 is 0 Å². The molecule has 1 aromatic heterocycles. The number of nitrogens with zero attached hydrogens (tertiary/aromatic N) is 1. The van der Waals surface area contributed by atoms with E-state index in [1.165, 1.54) is 0 Å². The number of anilines is 1. The number of pyridine rings is 1. The summed E-state index contributed by atoms with van der Waals surface area (Å²) < 4.78 is 0. The van der Waals surface area contributed by atoms with Crippen molar-refractivity contribution >= 4 is 17.6 Å². The fourth-order valence-corrected chi connectivity index (χ4v) is 1.65. The summed E-state index contributed by atoms with van der Waals surface area (Å²) in [7, 11) is 1.88. The molecule has 0 saturated carbocycles. The average molecular weight is 182 g/mol. The van der Waals surface area contributed by atoms with E-state index in [-0.39, 0.29) is 0 Å². The van der Waals surface area contributed by atoms with Gasteiger partial charge in [0.25, 0.3) is 0 Å². The predicted octanol–water partition coefficient (Wildman–Crippen LogP) is 2.62. The van der Waals surface area contributed by atoms with Crippen molar-refractivity contribution in [2.45, 2.75) is 24.1 Å². The van der Waals surface area contributed by atoms with E-state index in [2.05, 4.69) is 24.1 Å². The lowest BCUT2D eigenvalue weighted by atomic mass is 10.5. The summed E-state index contributed by atoms with van der Waals surface area (Å²) in [6, 6.07) is 6.01. The molecule has 0 unspecified atom stereocenters. The van der Waals surface area contributed by atoms with Crippen LogP contribution in [-0.4, -0.2) is 17.3 Å². The number of hydrogen-bond acceptors (Lipinski definition) is 3. The molecular weight excluding hydrogens is 168 g/mol. The lowest BCUT2D eigenvalue weighted by Crippen LogP contribution is -1.94. The molecule has 0 aliphatic heterocycles. The Balaban J connectivity index is 2.72. The van der Waals surface area contributed by atoms with Gasteiger partial charge in [-0.1, -0.05) is 19.9 Å². The van der Waals surface area contributed by atoms with Gasteiger partial charge in [-0.15, -0.1) is 11.8 Å². The first kappa shape index (κ1) is 9.39. The van der Waals surface area contributed by atoms with Crippen LogP contribution < -0.4 is 5.32 Å². The van der Waals surface area contributed by atoms with Gasteiger partial charge in [-0.25, -0.2) is 4.98 Å². The molecule has 1 aromatic rings. The zero-order valence-corrected chi connectivity index (χ0v) is 8.48. The molecular formula is C9H14N2S. The highest BCUT2D eigenvalue weighted by molar-refractivity contribution is 7.99. The summed E-state index contributed by atoms with van der Waals surface area (Å²) in [5.74, 6) is 0.931. The van der Waals surface area contributed by atoms with Crippen LogP contribution in [0, 0.1) is 0 Å². The molecule has 0 fully saturated rings. The molecule has 0 saturated heterocycles. The maximum atomic E-state index is 4.38. The molecule has 1 heterocycles. The molecule has 0 aromatic carbocycles. The first-order valence-corrected chi connectivity index (χ1v) is 4.92. The molecule has 0 aliphatic carbocycles. The molecule has 3 heteroatoms. The van der Waals surface area contributed by atoms with Crippen LogP contribution in [0.15, 0.2) is 23.2 Å². The van der Waals surface area contributed by atoms with E-state index in [4.69, 9.17) is 0 Å². The van der Waals surface area contributed by atoms with Crippen LogP contribution in [-0.2, 0) is 0 Å². The number of hydrogen-bond donors (Lipinski definition) is 1. The van der Waals surface area contributed by atoms with Crippen molar-refractivity contribution < 1.29 is 0 Å². The molecule has 0 amide bonds. The van der Waals surface area contributed by atoms with Gasteiger partial charge in [-0.2, -0.15) is 0 Å². The van der Waals surface area contributed by atoms with Gasteiger partial charge in [0.15, 0.2) is 0 Å². The largest absolute Gasteiger partial charge is 0.373 e. The second kappa shape index (κ2) is 4.36. The van der Waals surface area contributed by atoms with Gasteiger partial charge >= 0.3 is 0 Å². The van der Waals surface area contributed by atoms with Crippen LogP contribution in [0.1, 0.15) is 13.8 Å². The molecule has 66 valence electrons. The number of nitrogens with one attached hydrogen (secondary N) is 1. The van der Waals surface area contributed by atoms with Gasteiger partial charge in [-0.3, -0.25) is 0 Å². The fourth-order valence-electron chi connectivity index (χ4n) is 0.861. The molecule has 2 nitrogen and oxygen atoms in total. The van der Waals surface area contributed by atoms with Gasteiger partial charge < -0.3 is 5.32 Å². The normalized spacial score (nSPS) is 10.3. The predicted molar refractivity (Wildman–Crippen MR) is 54.8 cm³/mol. The van der Waals surface area contributed by atoms with Crippen molar-refractivity contribution in [2.24, 2.45) is 0 Å². The van der Waals surface area contributed by atoms with E-state index in [9.17, 15) is 0 Å². The van der Waals surface area contributed by atoms with Crippen molar-refractivity contribution in [2.75, 3.05) is 12.4 Å². The summed E-state index contributed by atoms with van der Waals surface area (Å²) in [5, 5.41) is 4.68. The van der Waals surface area contributed by atoms with E-state index < -0.39 is 0 Å². The Morgan fingerprint density at radius 1 is 1.42 bits per heavy atom. The van der Waals surface area contributed by atoms with Crippen molar-refractivity contribution in [3.05, 3.63) is 18.2 Å². The summed E-state index contributed by atoms with van der Waals surface area (Å²) >= 11 is 1.78. The quantitative estimate of drug-likeness (QED) is 0.727. The van der Waals surface area contributed by atoms with Gasteiger partial charge in [0.2, 0.25) is 0 Å². The smallest absolute Gasteiger partial charge is 0.126 e. The Bertz CT molecular complexity index is 248. The number of rotatable bonds is 3. The second-order valence-electron chi connectivity index (χ2n) is 2.78. The van der Waals surface area contributed by atoms with Crippen molar-refractivity contribution in [3.63, 3.8) is 0 Å². The molecule has 12 heavy (non-hydrogen) atoms. The van der Waals surface area contributed by atoms with E-state index in [0.717, 1.165) is 10.8 Å². The third-order valence-electron chi connectivity index (χ3n) is 1.34. The Kier molecular flexibility index (Phi) is 3.41. The van der Waals surface area contributed by atoms with Crippen LogP contribution in [0.4, 0.5) is 5.82 Å². The highest BCUT2D eigenvalue weighted by Gasteiger charge is 1.99. The molecule has 1 N–H and O–H groups in total. The summed E-state index contributed by atoms with van der Waals surface area (Å²) in [4.78, 5) is 4.38. The standard InChI is InChI=1S/C9H14N2S/c1-7(2)12-9-6-4-5-8(10-3)11-9/h4-7H,1-3H3,(H,10,11). The molecule has 0 radical (unpaired) electrons. The van der Waals surface area contributed by atoms with Crippen molar-refractivity contribution in [1.82, 2.24) is 4.98 Å².